The van der Waals surface area contributed by atoms with Gasteiger partial charge < -0.3 is 9.84 Å². The molecule has 2 heterocycles. The van der Waals surface area contributed by atoms with E-state index < -0.39 is 6.17 Å². The molecule has 1 aliphatic rings. The highest BCUT2D eigenvalue weighted by atomic mass is 35.5. The number of pyridine rings is 1. The molecule has 178 valence electrons. The average Bonchev–Trinajstić information content (AvgIpc) is 2.88. The van der Waals surface area contributed by atoms with Crippen LogP contribution in [0.2, 0.25) is 5.02 Å². The summed E-state index contributed by atoms with van der Waals surface area (Å²) in [5, 5.41) is 11.5. The third-order valence-electron chi connectivity index (χ3n) is 6.70. The quantitative estimate of drug-likeness (QED) is 0.442. The van der Waals surface area contributed by atoms with Gasteiger partial charge in [0.25, 0.3) is 0 Å². The first kappa shape index (κ1) is 24.5. The number of alkyl halides is 1. The average molecular weight is 481 g/mol. The minimum absolute atomic E-state index is 0.109. The molecule has 4 rings (SSSR count). The second-order valence-corrected chi connectivity index (χ2v) is 9.30. The molecule has 0 aliphatic carbocycles. The number of likely N-dealkylation sites (tertiary alicyclic amines) is 1. The van der Waals surface area contributed by atoms with Gasteiger partial charge in [-0.1, -0.05) is 23.4 Å². The summed E-state index contributed by atoms with van der Waals surface area (Å²) in [6.45, 7) is 2.45. The van der Waals surface area contributed by atoms with Gasteiger partial charge in [-0.2, -0.15) is 0 Å². The minimum atomic E-state index is -1.08. The van der Waals surface area contributed by atoms with Crippen molar-refractivity contribution in [3.05, 3.63) is 70.9 Å². The monoisotopic (exact) mass is 480 g/mol. The van der Waals surface area contributed by atoms with Crippen molar-refractivity contribution in [2.24, 2.45) is 11.8 Å². The summed E-state index contributed by atoms with van der Waals surface area (Å²) < 4.78 is 20.7. The van der Waals surface area contributed by atoms with Gasteiger partial charge in [-0.15, -0.1) is 0 Å². The molecule has 0 amide bonds. The molecule has 34 heavy (non-hydrogen) atoms. The zero-order valence-corrected chi connectivity index (χ0v) is 20.1. The molecule has 1 saturated heterocycles. The Labute approximate surface area is 205 Å². The number of hydrogen-bond acceptors (Lipinski definition) is 4. The van der Waals surface area contributed by atoms with Crippen molar-refractivity contribution >= 4 is 22.5 Å². The lowest BCUT2D eigenvalue weighted by atomic mass is 9.81. The van der Waals surface area contributed by atoms with Crippen molar-refractivity contribution in [3.8, 4) is 17.6 Å². The zero-order chi connectivity index (χ0) is 23.9. The first-order valence-corrected chi connectivity index (χ1v) is 12.1. The van der Waals surface area contributed by atoms with E-state index in [1.807, 2.05) is 42.5 Å². The largest absolute Gasteiger partial charge is 0.497 e. The maximum absolute atomic E-state index is 15.3. The second kappa shape index (κ2) is 11.7. The van der Waals surface area contributed by atoms with Crippen LogP contribution in [0.3, 0.4) is 0 Å². The van der Waals surface area contributed by atoms with E-state index in [1.54, 1.807) is 19.4 Å². The van der Waals surface area contributed by atoms with Crippen LogP contribution in [0.25, 0.3) is 10.9 Å². The molecule has 3 aromatic rings. The number of ether oxygens (including phenoxy) is 1. The Morgan fingerprint density at radius 2 is 2.03 bits per heavy atom. The maximum Gasteiger partial charge on any atom is 0.126 e. The highest BCUT2D eigenvalue weighted by Gasteiger charge is 2.29. The van der Waals surface area contributed by atoms with Crippen LogP contribution in [0.4, 0.5) is 4.39 Å². The highest BCUT2D eigenvalue weighted by molar-refractivity contribution is 6.30. The Balaban J connectivity index is 1.33. The predicted molar refractivity (Wildman–Crippen MR) is 135 cm³/mol. The van der Waals surface area contributed by atoms with E-state index in [-0.39, 0.29) is 12.5 Å². The molecule has 0 unspecified atom stereocenters. The van der Waals surface area contributed by atoms with Crippen LogP contribution in [0, 0.1) is 23.7 Å². The number of piperidine rings is 1. The Kier molecular flexibility index (Phi) is 8.39. The third-order valence-corrected chi connectivity index (χ3v) is 6.95. The summed E-state index contributed by atoms with van der Waals surface area (Å²) >= 11 is 5.92. The number of fused-ring (bicyclic) bond motifs is 1. The number of nitrogens with zero attached hydrogens (tertiary/aromatic N) is 2. The number of aliphatic hydroxyl groups is 1. The van der Waals surface area contributed by atoms with E-state index in [9.17, 15) is 5.11 Å². The normalized spacial score (nSPS) is 19.4. The smallest absolute Gasteiger partial charge is 0.126 e. The van der Waals surface area contributed by atoms with Crippen LogP contribution in [-0.4, -0.2) is 48.3 Å². The molecular weight excluding hydrogens is 451 g/mol. The van der Waals surface area contributed by atoms with E-state index in [0.717, 1.165) is 42.4 Å². The third kappa shape index (κ3) is 6.07. The first-order valence-electron chi connectivity index (χ1n) is 11.7. The first-order chi connectivity index (χ1) is 16.6. The van der Waals surface area contributed by atoms with Gasteiger partial charge in [0.1, 0.15) is 11.9 Å². The Morgan fingerprint density at radius 3 is 2.79 bits per heavy atom. The number of benzene rings is 2. The summed E-state index contributed by atoms with van der Waals surface area (Å²) in [6.07, 6.45) is 2.68. The SMILES string of the molecule is COc1ccc2nccc([C@H](F)CC[C@@H]3CCN(CC#Cc4ccc(Cl)cc4)C[C@@H]3CO)c2c1. The molecule has 1 aliphatic heterocycles. The Morgan fingerprint density at radius 1 is 1.21 bits per heavy atom. The van der Waals surface area contributed by atoms with Crippen molar-refractivity contribution < 1.29 is 14.2 Å². The Hall–Kier alpha value is -2.65. The summed E-state index contributed by atoms with van der Waals surface area (Å²) in [6, 6.07) is 14.8. The summed E-state index contributed by atoms with van der Waals surface area (Å²) in [5.74, 6) is 7.52. The van der Waals surface area contributed by atoms with Crippen molar-refractivity contribution in [2.45, 2.75) is 25.4 Å². The van der Waals surface area contributed by atoms with Crippen molar-refractivity contribution in [3.63, 3.8) is 0 Å². The number of aliphatic hydroxyl groups excluding tert-OH is 1. The fraction of sp³-hybridized carbons (Fsp3) is 0.393. The molecular formula is C28H30ClFN2O2. The molecule has 1 fully saturated rings. The van der Waals surface area contributed by atoms with Gasteiger partial charge in [-0.05, 0) is 91.7 Å². The fourth-order valence-corrected chi connectivity index (χ4v) is 4.86. The van der Waals surface area contributed by atoms with Crippen molar-refractivity contribution in [2.75, 3.05) is 33.4 Å². The predicted octanol–water partition coefficient (Wildman–Crippen LogP) is 5.67. The van der Waals surface area contributed by atoms with Gasteiger partial charge in [0, 0.05) is 35.3 Å². The maximum atomic E-state index is 15.3. The molecule has 1 aromatic heterocycles. The number of methoxy groups -OCH3 is 1. The molecule has 1 N–H and O–H groups in total. The molecule has 0 bridgehead atoms. The molecule has 3 atom stereocenters. The summed E-state index contributed by atoms with van der Waals surface area (Å²) in [4.78, 5) is 6.63. The number of aromatic nitrogens is 1. The van der Waals surface area contributed by atoms with Crippen LogP contribution >= 0.6 is 11.6 Å². The standard InChI is InChI=1S/C28H30ClFN2O2/c1-34-24-9-11-28-26(17-24)25(12-14-31-28)27(30)10-6-21-13-16-32(18-22(21)19-33)15-2-3-20-4-7-23(29)8-5-20/h4-5,7-9,11-12,14,17,21-22,27,33H,6,10,13,15-16,18-19H2,1H3/t21-,22-,27-/m1/s1. The van der Waals surface area contributed by atoms with Crippen LogP contribution in [0.1, 0.15) is 36.6 Å². The van der Waals surface area contributed by atoms with Gasteiger partial charge in [0.05, 0.1) is 19.2 Å². The summed E-state index contributed by atoms with van der Waals surface area (Å²) in [5.41, 5.74) is 2.36. The lowest BCUT2D eigenvalue weighted by Crippen LogP contribution is -2.42. The number of halogens is 2. The molecule has 0 radical (unpaired) electrons. The van der Waals surface area contributed by atoms with E-state index in [2.05, 4.69) is 21.7 Å². The summed E-state index contributed by atoms with van der Waals surface area (Å²) in [7, 11) is 1.61. The fourth-order valence-electron chi connectivity index (χ4n) is 4.74. The zero-order valence-electron chi connectivity index (χ0n) is 19.4. The van der Waals surface area contributed by atoms with E-state index in [0.29, 0.717) is 35.2 Å². The molecule has 6 heteroatoms. The molecule has 2 aromatic carbocycles. The van der Waals surface area contributed by atoms with Crippen LogP contribution in [-0.2, 0) is 0 Å². The van der Waals surface area contributed by atoms with Gasteiger partial charge in [0.2, 0.25) is 0 Å². The van der Waals surface area contributed by atoms with Crippen LogP contribution in [0.15, 0.2) is 54.7 Å². The lowest BCUT2D eigenvalue weighted by molar-refractivity contribution is 0.0708. The van der Waals surface area contributed by atoms with Gasteiger partial charge >= 0.3 is 0 Å². The van der Waals surface area contributed by atoms with Crippen LogP contribution in [0.5, 0.6) is 5.75 Å². The lowest BCUT2D eigenvalue weighted by Gasteiger charge is -2.37. The number of rotatable bonds is 7. The molecule has 0 saturated carbocycles. The van der Waals surface area contributed by atoms with Gasteiger partial charge in [-0.25, -0.2) is 4.39 Å². The van der Waals surface area contributed by atoms with Gasteiger partial charge in [0.15, 0.2) is 0 Å². The molecule has 0 spiro atoms. The van der Waals surface area contributed by atoms with Crippen molar-refractivity contribution in [1.82, 2.24) is 9.88 Å². The Bertz CT molecular complexity index is 1160. The van der Waals surface area contributed by atoms with E-state index in [1.165, 1.54) is 0 Å². The molecule has 4 nitrogen and oxygen atoms in total. The van der Waals surface area contributed by atoms with Crippen molar-refractivity contribution in [1.29, 1.82) is 0 Å². The van der Waals surface area contributed by atoms with Crippen LogP contribution < -0.4 is 4.74 Å². The minimum Gasteiger partial charge on any atom is -0.497 e. The highest BCUT2D eigenvalue weighted by Crippen LogP contribution is 2.35. The van der Waals surface area contributed by atoms with E-state index in [4.69, 9.17) is 16.3 Å². The topological polar surface area (TPSA) is 45.6 Å². The van der Waals surface area contributed by atoms with E-state index >= 15 is 4.39 Å². The van der Waals surface area contributed by atoms with Gasteiger partial charge in [-0.3, -0.25) is 9.88 Å². The number of hydrogen-bond donors (Lipinski definition) is 1. The second-order valence-electron chi connectivity index (χ2n) is 8.86.